The third-order valence-corrected chi connectivity index (χ3v) is 4.34. The molecule has 2 rings (SSSR count). The van der Waals surface area contributed by atoms with Gasteiger partial charge in [0.15, 0.2) is 5.78 Å². The summed E-state index contributed by atoms with van der Waals surface area (Å²) < 4.78 is 0. The highest BCUT2D eigenvalue weighted by Crippen LogP contribution is 2.35. The standard InChI is InChI=1S/C15H22N2O/c1-9-5-6-13(7-10(9)2)15(18)14-8-11(3)16-17-12(14)4/h8-10,13H,5-7H2,1-4H3. The number of Topliss-reactive ketones (excluding diaryl/α,β-unsaturated/α-hetero) is 1. The summed E-state index contributed by atoms with van der Waals surface area (Å²) in [7, 11) is 0. The van der Waals surface area contributed by atoms with E-state index in [4.69, 9.17) is 0 Å². The number of ketones is 1. The van der Waals surface area contributed by atoms with Gasteiger partial charge in [0.05, 0.1) is 11.4 Å². The predicted molar refractivity (Wildman–Crippen MR) is 71.5 cm³/mol. The average molecular weight is 246 g/mol. The topological polar surface area (TPSA) is 42.9 Å². The van der Waals surface area contributed by atoms with Crippen LogP contribution in [0, 0.1) is 31.6 Å². The molecule has 1 heterocycles. The fourth-order valence-corrected chi connectivity index (χ4v) is 2.80. The first-order chi connectivity index (χ1) is 8.49. The molecule has 1 aromatic heterocycles. The van der Waals surface area contributed by atoms with E-state index in [1.165, 1.54) is 0 Å². The zero-order valence-electron chi connectivity index (χ0n) is 11.7. The summed E-state index contributed by atoms with van der Waals surface area (Å²) in [6.45, 7) is 8.30. The van der Waals surface area contributed by atoms with Gasteiger partial charge in [0, 0.05) is 11.5 Å². The summed E-state index contributed by atoms with van der Waals surface area (Å²) in [4.78, 5) is 12.6. The van der Waals surface area contributed by atoms with Crippen LogP contribution in [0.1, 0.15) is 54.9 Å². The van der Waals surface area contributed by atoms with E-state index in [1.807, 2.05) is 19.9 Å². The van der Waals surface area contributed by atoms with Crippen LogP contribution in [0.4, 0.5) is 0 Å². The number of carbonyl (C=O) groups excluding carboxylic acids is 1. The van der Waals surface area contributed by atoms with Gasteiger partial charge in [-0.2, -0.15) is 10.2 Å². The van der Waals surface area contributed by atoms with Crippen molar-refractivity contribution in [3.05, 3.63) is 23.0 Å². The average Bonchev–Trinajstić information content (AvgIpc) is 2.35. The largest absolute Gasteiger partial charge is 0.294 e. The quantitative estimate of drug-likeness (QED) is 0.752. The van der Waals surface area contributed by atoms with Gasteiger partial charge >= 0.3 is 0 Å². The van der Waals surface area contributed by atoms with Crippen LogP contribution in [0.3, 0.4) is 0 Å². The third-order valence-electron chi connectivity index (χ3n) is 4.34. The Morgan fingerprint density at radius 1 is 1.17 bits per heavy atom. The highest BCUT2D eigenvalue weighted by atomic mass is 16.1. The van der Waals surface area contributed by atoms with Crippen molar-refractivity contribution in [3.8, 4) is 0 Å². The molecule has 0 aliphatic heterocycles. The first kappa shape index (κ1) is 13.2. The minimum atomic E-state index is 0.179. The molecule has 0 N–H and O–H groups in total. The van der Waals surface area contributed by atoms with Crippen molar-refractivity contribution in [1.29, 1.82) is 0 Å². The van der Waals surface area contributed by atoms with E-state index in [1.54, 1.807) is 0 Å². The summed E-state index contributed by atoms with van der Waals surface area (Å²) in [5, 5.41) is 8.05. The van der Waals surface area contributed by atoms with Crippen LogP contribution in [0.15, 0.2) is 6.07 Å². The van der Waals surface area contributed by atoms with Crippen LogP contribution < -0.4 is 0 Å². The number of nitrogens with zero attached hydrogens (tertiary/aromatic N) is 2. The van der Waals surface area contributed by atoms with Crippen LogP contribution in [0.25, 0.3) is 0 Å². The number of aromatic nitrogens is 2. The molecule has 0 bridgehead atoms. The van der Waals surface area contributed by atoms with E-state index in [2.05, 4.69) is 24.0 Å². The Morgan fingerprint density at radius 3 is 2.56 bits per heavy atom. The summed E-state index contributed by atoms with van der Waals surface area (Å²) in [5.74, 6) is 1.83. The van der Waals surface area contributed by atoms with E-state index < -0.39 is 0 Å². The smallest absolute Gasteiger partial charge is 0.167 e. The molecule has 0 aromatic carbocycles. The second-order valence-electron chi connectivity index (χ2n) is 5.81. The number of hydrogen-bond acceptors (Lipinski definition) is 3. The molecule has 98 valence electrons. The molecule has 1 saturated carbocycles. The molecular formula is C15H22N2O. The Morgan fingerprint density at radius 2 is 1.89 bits per heavy atom. The van der Waals surface area contributed by atoms with E-state index >= 15 is 0 Å². The van der Waals surface area contributed by atoms with Gasteiger partial charge in [0.2, 0.25) is 0 Å². The van der Waals surface area contributed by atoms with Crippen molar-refractivity contribution >= 4 is 5.78 Å². The van der Waals surface area contributed by atoms with Gasteiger partial charge in [0.25, 0.3) is 0 Å². The van der Waals surface area contributed by atoms with Crippen LogP contribution in [0.2, 0.25) is 0 Å². The van der Waals surface area contributed by atoms with Crippen molar-refractivity contribution in [1.82, 2.24) is 10.2 Å². The molecule has 18 heavy (non-hydrogen) atoms. The van der Waals surface area contributed by atoms with E-state index in [-0.39, 0.29) is 11.7 Å². The number of aryl methyl sites for hydroxylation is 2. The monoisotopic (exact) mass is 246 g/mol. The summed E-state index contributed by atoms with van der Waals surface area (Å²) in [6.07, 6.45) is 3.19. The maximum absolute atomic E-state index is 12.6. The van der Waals surface area contributed by atoms with Gasteiger partial charge in [0.1, 0.15) is 0 Å². The predicted octanol–water partition coefficient (Wildman–Crippen LogP) is 3.35. The summed E-state index contributed by atoms with van der Waals surface area (Å²) >= 11 is 0. The second kappa shape index (κ2) is 5.17. The minimum absolute atomic E-state index is 0.179. The zero-order chi connectivity index (χ0) is 13.3. The molecule has 3 heteroatoms. The minimum Gasteiger partial charge on any atom is -0.294 e. The lowest BCUT2D eigenvalue weighted by molar-refractivity contribution is 0.0836. The van der Waals surface area contributed by atoms with Crippen molar-refractivity contribution < 1.29 is 4.79 Å². The first-order valence-electron chi connectivity index (χ1n) is 6.84. The van der Waals surface area contributed by atoms with Crippen LogP contribution in [0.5, 0.6) is 0 Å². The van der Waals surface area contributed by atoms with Crippen LogP contribution >= 0.6 is 0 Å². The summed E-state index contributed by atoms with van der Waals surface area (Å²) in [6, 6.07) is 1.88. The Labute approximate surface area is 109 Å². The fraction of sp³-hybridized carbons (Fsp3) is 0.667. The Hall–Kier alpha value is -1.25. The molecule has 0 spiro atoms. The van der Waals surface area contributed by atoms with Gasteiger partial charge in [-0.25, -0.2) is 0 Å². The van der Waals surface area contributed by atoms with E-state index in [0.717, 1.165) is 42.1 Å². The molecule has 0 radical (unpaired) electrons. The Kier molecular flexibility index (Phi) is 3.79. The number of rotatable bonds is 2. The molecule has 0 amide bonds. The van der Waals surface area contributed by atoms with E-state index in [9.17, 15) is 4.79 Å². The number of carbonyl (C=O) groups is 1. The normalized spacial score (nSPS) is 28.1. The second-order valence-corrected chi connectivity index (χ2v) is 5.81. The first-order valence-corrected chi connectivity index (χ1v) is 6.84. The van der Waals surface area contributed by atoms with Crippen LogP contribution in [-0.2, 0) is 0 Å². The zero-order valence-corrected chi connectivity index (χ0v) is 11.7. The highest BCUT2D eigenvalue weighted by molar-refractivity contribution is 5.98. The third kappa shape index (κ3) is 2.60. The Balaban J connectivity index is 2.19. The Bertz CT molecular complexity index is 456. The molecule has 3 nitrogen and oxygen atoms in total. The molecule has 3 unspecified atom stereocenters. The number of hydrogen-bond donors (Lipinski definition) is 0. The molecule has 3 atom stereocenters. The lowest BCUT2D eigenvalue weighted by atomic mass is 9.73. The molecule has 0 saturated heterocycles. The van der Waals surface area contributed by atoms with Gasteiger partial charge in [-0.05, 0) is 51.0 Å². The molecular weight excluding hydrogens is 224 g/mol. The maximum atomic E-state index is 12.6. The van der Waals surface area contributed by atoms with E-state index in [0.29, 0.717) is 5.92 Å². The lowest BCUT2D eigenvalue weighted by Crippen LogP contribution is -2.27. The summed E-state index contributed by atoms with van der Waals surface area (Å²) in [5.41, 5.74) is 2.35. The van der Waals surface area contributed by atoms with Gasteiger partial charge in [-0.3, -0.25) is 4.79 Å². The van der Waals surface area contributed by atoms with Crippen LogP contribution in [-0.4, -0.2) is 16.0 Å². The maximum Gasteiger partial charge on any atom is 0.167 e. The SMILES string of the molecule is Cc1cc(C(=O)C2CCC(C)C(C)C2)c(C)nn1. The molecule has 1 aliphatic rings. The lowest BCUT2D eigenvalue weighted by Gasteiger charge is -2.31. The molecule has 1 fully saturated rings. The van der Waals surface area contributed by atoms with Gasteiger partial charge in [-0.15, -0.1) is 0 Å². The fourth-order valence-electron chi connectivity index (χ4n) is 2.80. The molecule has 1 aromatic rings. The van der Waals surface area contributed by atoms with Crippen molar-refractivity contribution in [2.24, 2.45) is 17.8 Å². The van der Waals surface area contributed by atoms with Gasteiger partial charge in [-0.1, -0.05) is 13.8 Å². The van der Waals surface area contributed by atoms with Crippen molar-refractivity contribution in [2.45, 2.75) is 47.0 Å². The van der Waals surface area contributed by atoms with Crippen molar-refractivity contribution in [2.75, 3.05) is 0 Å². The highest BCUT2D eigenvalue weighted by Gasteiger charge is 2.30. The van der Waals surface area contributed by atoms with Gasteiger partial charge < -0.3 is 0 Å². The van der Waals surface area contributed by atoms with Crippen molar-refractivity contribution in [3.63, 3.8) is 0 Å². The molecule has 1 aliphatic carbocycles.